The molecule has 0 saturated heterocycles. The summed E-state index contributed by atoms with van der Waals surface area (Å²) >= 11 is 1.86. The van der Waals surface area contributed by atoms with Gasteiger partial charge in [0, 0.05) is 16.3 Å². The van der Waals surface area contributed by atoms with E-state index in [0.717, 1.165) is 13.1 Å². The molecular weight excluding hydrogens is 262 g/mol. The van der Waals surface area contributed by atoms with E-state index in [1.165, 1.54) is 32.9 Å². The third-order valence-corrected chi connectivity index (χ3v) is 4.28. The predicted molar refractivity (Wildman–Crippen MR) is 88.5 cm³/mol. The lowest BCUT2D eigenvalue weighted by Gasteiger charge is -2.11. The fraction of sp³-hybridized carbons (Fsp3) is 0.333. The number of aryl methyl sites for hydroxylation is 2. The second kappa shape index (κ2) is 7.51. The fourth-order valence-corrected chi connectivity index (χ4v) is 3.20. The lowest BCUT2D eigenvalue weighted by molar-refractivity contribution is 0.669. The molecule has 0 amide bonds. The molecule has 0 atom stereocenters. The average Bonchev–Trinajstić information content (AvgIpc) is 2.42. The van der Waals surface area contributed by atoms with Crippen LogP contribution in [0.2, 0.25) is 0 Å². The Bertz CT molecular complexity index is 563. The van der Waals surface area contributed by atoms with Crippen molar-refractivity contribution < 1.29 is 0 Å². The first-order valence-electron chi connectivity index (χ1n) is 7.24. The van der Waals surface area contributed by atoms with Gasteiger partial charge in [-0.2, -0.15) is 0 Å². The van der Waals surface area contributed by atoms with Crippen molar-refractivity contribution in [3.63, 3.8) is 0 Å². The molecule has 0 fully saturated rings. The van der Waals surface area contributed by atoms with Crippen LogP contribution in [0.4, 0.5) is 0 Å². The first kappa shape index (κ1) is 15.1. The van der Waals surface area contributed by atoms with Crippen LogP contribution in [0, 0.1) is 13.8 Å². The van der Waals surface area contributed by atoms with Crippen molar-refractivity contribution in [2.75, 3.05) is 6.54 Å². The summed E-state index contributed by atoms with van der Waals surface area (Å²) in [6.45, 7) is 8.52. The monoisotopic (exact) mass is 285 g/mol. The van der Waals surface area contributed by atoms with E-state index < -0.39 is 0 Å². The van der Waals surface area contributed by atoms with Gasteiger partial charge in [-0.15, -0.1) is 0 Å². The molecule has 0 bridgehead atoms. The molecule has 1 N–H and O–H groups in total. The normalized spacial score (nSPS) is 10.8. The van der Waals surface area contributed by atoms with Crippen LogP contribution in [0.15, 0.2) is 52.3 Å². The van der Waals surface area contributed by atoms with E-state index in [4.69, 9.17) is 0 Å². The molecule has 106 valence electrons. The standard InChI is InChI=1S/C18H23NS/c1-4-10-19-13-16-11-15(3)8-9-18(16)20-17-7-5-6-14(2)12-17/h5-9,11-12,19H,4,10,13H2,1-3H3. The summed E-state index contributed by atoms with van der Waals surface area (Å²) < 4.78 is 0. The maximum atomic E-state index is 3.50. The predicted octanol–water partition coefficient (Wildman–Crippen LogP) is 4.95. The highest BCUT2D eigenvalue weighted by Gasteiger charge is 2.05. The second-order valence-electron chi connectivity index (χ2n) is 5.21. The third kappa shape index (κ3) is 4.39. The Morgan fingerprint density at radius 1 is 1.00 bits per heavy atom. The summed E-state index contributed by atoms with van der Waals surface area (Å²) in [5.74, 6) is 0. The molecule has 0 aromatic heterocycles. The van der Waals surface area contributed by atoms with Gasteiger partial charge >= 0.3 is 0 Å². The average molecular weight is 285 g/mol. The minimum Gasteiger partial charge on any atom is -0.313 e. The Labute approximate surface area is 126 Å². The van der Waals surface area contributed by atoms with Crippen molar-refractivity contribution in [2.45, 2.75) is 43.5 Å². The van der Waals surface area contributed by atoms with Gasteiger partial charge in [0.15, 0.2) is 0 Å². The van der Waals surface area contributed by atoms with Gasteiger partial charge < -0.3 is 5.32 Å². The molecule has 2 aromatic rings. The third-order valence-electron chi connectivity index (χ3n) is 3.18. The zero-order chi connectivity index (χ0) is 14.4. The molecule has 0 aliphatic rings. The van der Waals surface area contributed by atoms with Crippen LogP contribution in [-0.4, -0.2) is 6.54 Å². The van der Waals surface area contributed by atoms with Gasteiger partial charge in [0.05, 0.1) is 0 Å². The lowest BCUT2D eigenvalue weighted by Crippen LogP contribution is -2.14. The van der Waals surface area contributed by atoms with Crippen LogP contribution >= 0.6 is 11.8 Å². The largest absolute Gasteiger partial charge is 0.313 e. The van der Waals surface area contributed by atoms with Crippen molar-refractivity contribution in [3.8, 4) is 0 Å². The van der Waals surface area contributed by atoms with Crippen LogP contribution in [0.25, 0.3) is 0 Å². The van der Waals surface area contributed by atoms with Gasteiger partial charge in [-0.05, 0) is 50.6 Å². The SMILES string of the molecule is CCCNCc1cc(C)ccc1Sc1cccc(C)c1. The summed E-state index contributed by atoms with van der Waals surface area (Å²) in [5.41, 5.74) is 4.03. The Hall–Kier alpha value is -1.25. The summed E-state index contributed by atoms with van der Waals surface area (Å²) in [6, 6.07) is 15.4. The molecule has 2 rings (SSSR count). The highest BCUT2D eigenvalue weighted by molar-refractivity contribution is 7.99. The molecule has 0 saturated carbocycles. The topological polar surface area (TPSA) is 12.0 Å². The number of nitrogens with one attached hydrogen (secondary N) is 1. The Morgan fingerprint density at radius 2 is 1.80 bits per heavy atom. The van der Waals surface area contributed by atoms with Gasteiger partial charge in [-0.1, -0.05) is 54.1 Å². The first-order valence-corrected chi connectivity index (χ1v) is 8.05. The van der Waals surface area contributed by atoms with E-state index in [1.54, 1.807) is 0 Å². The van der Waals surface area contributed by atoms with Gasteiger partial charge in [-0.3, -0.25) is 0 Å². The molecular formula is C18H23NS. The molecule has 0 spiro atoms. The minimum absolute atomic E-state index is 0.948. The molecule has 0 unspecified atom stereocenters. The van der Waals surface area contributed by atoms with E-state index in [9.17, 15) is 0 Å². The zero-order valence-corrected chi connectivity index (χ0v) is 13.4. The molecule has 0 aliphatic heterocycles. The van der Waals surface area contributed by atoms with Crippen LogP contribution in [0.5, 0.6) is 0 Å². The smallest absolute Gasteiger partial charge is 0.0216 e. The maximum absolute atomic E-state index is 3.50. The molecule has 2 heteroatoms. The minimum atomic E-state index is 0.948. The van der Waals surface area contributed by atoms with Crippen molar-refractivity contribution in [1.82, 2.24) is 5.32 Å². The van der Waals surface area contributed by atoms with Crippen molar-refractivity contribution in [1.29, 1.82) is 0 Å². The van der Waals surface area contributed by atoms with Gasteiger partial charge in [-0.25, -0.2) is 0 Å². The maximum Gasteiger partial charge on any atom is 0.0216 e. The summed E-state index contributed by atoms with van der Waals surface area (Å²) in [6.07, 6.45) is 1.17. The zero-order valence-electron chi connectivity index (χ0n) is 12.6. The van der Waals surface area contributed by atoms with Crippen LogP contribution in [0.1, 0.15) is 30.0 Å². The number of rotatable bonds is 6. The summed E-state index contributed by atoms with van der Waals surface area (Å²) in [5, 5.41) is 3.50. The van der Waals surface area contributed by atoms with Gasteiger partial charge in [0.1, 0.15) is 0 Å². The molecule has 0 radical (unpaired) electrons. The first-order chi connectivity index (χ1) is 9.69. The Morgan fingerprint density at radius 3 is 2.55 bits per heavy atom. The Balaban J connectivity index is 2.17. The number of hydrogen-bond acceptors (Lipinski definition) is 2. The van der Waals surface area contributed by atoms with Gasteiger partial charge in [0.2, 0.25) is 0 Å². The summed E-state index contributed by atoms with van der Waals surface area (Å²) in [7, 11) is 0. The van der Waals surface area contributed by atoms with Crippen molar-refractivity contribution in [3.05, 3.63) is 59.2 Å². The molecule has 2 aromatic carbocycles. The molecule has 0 aliphatic carbocycles. The molecule has 0 heterocycles. The highest BCUT2D eigenvalue weighted by Crippen LogP contribution is 2.31. The molecule has 1 nitrogen and oxygen atoms in total. The van der Waals surface area contributed by atoms with E-state index >= 15 is 0 Å². The number of benzene rings is 2. The Kier molecular flexibility index (Phi) is 5.69. The van der Waals surface area contributed by atoms with Crippen molar-refractivity contribution >= 4 is 11.8 Å². The van der Waals surface area contributed by atoms with Crippen LogP contribution in [-0.2, 0) is 6.54 Å². The van der Waals surface area contributed by atoms with E-state index in [0.29, 0.717) is 0 Å². The lowest BCUT2D eigenvalue weighted by atomic mass is 10.1. The molecule has 20 heavy (non-hydrogen) atoms. The van der Waals surface area contributed by atoms with Crippen molar-refractivity contribution in [2.24, 2.45) is 0 Å². The highest BCUT2D eigenvalue weighted by atomic mass is 32.2. The van der Waals surface area contributed by atoms with E-state index in [2.05, 4.69) is 68.6 Å². The summed E-state index contributed by atoms with van der Waals surface area (Å²) in [4.78, 5) is 2.66. The van der Waals surface area contributed by atoms with E-state index in [-0.39, 0.29) is 0 Å². The fourth-order valence-electron chi connectivity index (χ4n) is 2.15. The second-order valence-corrected chi connectivity index (χ2v) is 6.32. The van der Waals surface area contributed by atoms with Gasteiger partial charge in [0.25, 0.3) is 0 Å². The number of hydrogen-bond donors (Lipinski definition) is 1. The van der Waals surface area contributed by atoms with Crippen LogP contribution < -0.4 is 5.32 Å². The van der Waals surface area contributed by atoms with E-state index in [1.807, 2.05) is 11.8 Å². The van der Waals surface area contributed by atoms with Crippen LogP contribution in [0.3, 0.4) is 0 Å². The quantitative estimate of drug-likeness (QED) is 0.753.